The Bertz CT molecular complexity index is 257. The van der Waals surface area contributed by atoms with Gasteiger partial charge in [0.25, 0.3) is 0 Å². The van der Waals surface area contributed by atoms with E-state index in [0.717, 1.165) is 30.9 Å². The first-order valence-corrected chi connectivity index (χ1v) is 6.92. The van der Waals surface area contributed by atoms with Crippen molar-refractivity contribution >= 4 is 0 Å². The Hall–Kier alpha value is -0.340. The second kappa shape index (κ2) is 4.89. The van der Waals surface area contributed by atoms with Crippen molar-refractivity contribution in [3.63, 3.8) is 0 Å². The Balaban J connectivity index is 1.36. The minimum atomic E-state index is 0.489. The van der Waals surface area contributed by atoms with Crippen molar-refractivity contribution < 1.29 is 4.74 Å². The lowest BCUT2D eigenvalue weighted by Crippen LogP contribution is -2.35. The minimum Gasteiger partial charge on any atom is -0.377 e. The lowest BCUT2D eigenvalue weighted by Gasteiger charge is -2.24. The Kier molecular flexibility index (Phi) is 3.30. The zero-order valence-corrected chi connectivity index (χ0v) is 10.0. The van der Waals surface area contributed by atoms with Gasteiger partial charge in [0.2, 0.25) is 0 Å². The van der Waals surface area contributed by atoms with Crippen LogP contribution in [-0.2, 0) is 4.74 Å². The van der Waals surface area contributed by atoms with E-state index in [1.54, 1.807) is 0 Å². The van der Waals surface area contributed by atoms with Crippen molar-refractivity contribution in [1.29, 1.82) is 0 Å². The summed E-state index contributed by atoms with van der Waals surface area (Å²) in [4.78, 5) is 0. The van der Waals surface area contributed by atoms with Crippen LogP contribution >= 0.6 is 0 Å². The standard InChI is InChI=1S/C14H23NO/c1-2-6-16-14(3-1)10-15-9-13-8-11-4-5-12(13)7-11/h4-5,11-15H,1-3,6-10H2. The second-order valence-electron chi connectivity index (χ2n) is 5.69. The molecule has 0 radical (unpaired) electrons. The molecule has 0 spiro atoms. The SMILES string of the molecule is C1=CC2CC1CC2CNCC1CCCCO1. The third-order valence-corrected chi connectivity index (χ3v) is 4.47. The van der Waals surface area contributed by atoms with E-state index in [1.807, 2.05) is 0 Å². The molecular formula is C14H23NO. The van der Waals surface area contributed by atoms with Crippen LogP contribution in [-0.4, -0.2) is 25.8 Å². The summed E-state index contributed by atoms with van der Waals surface area (Å²) in [5, 5.41) is 3.62. The summed E-state index contributed by atoms with van der Waals surface area (Å²) in [6, 6.07) is 0. The zero-order valence-electron chi connectivity index (χ0n) is 10.0. The second-order valence-corrected chi connectivity index (χ2v) is 5.69. The molecular weight excluding hydrogens is 198 g/mol. The molecule has 2 heteroatoms. The van der Waals surface area contributed by atoms with Gasteiger partial charge in [-0.3, -0.25) is 0 Å². The molecule has 0 aromatic heterocycles. The molecule has 4 unspecified atom stereocenters. The summed E-state index contributed by atoms with van der Waals surface area (Å²) in [6.45, 7) is 3.24. The summed E-state index contributed by atoms with van der Waals surface area (Å²) < 4.78 is 5.73. The van der Waals surface area contributed by atoms with E-state index in [0.29, 0.717) is 6.10 Å². The van der Waals surface area contributed by atoms with Gasteiger partial charge in [0.1, 0.15) is 0 Å². The molecule has 2 nitrogen and oxygen atoms in total. The van der Waals surface area contributed by atoms with Crippen LogP contribution in [0.4, 0.5) is 0 Å². The Morgan fingerprint density at radius 3 is 2.81 bits per heavy atom. The normalized spacial score (nSPS) is 41.8. The number of rotatable bonds is 4. The lowest BCUT2D eigenvalue weighted by atomic mass is 9.93. The molecule has 1 N–H and O–H groups in total. The summed E-state index contributed by atoms with van der Waals surface area (Å²) in [6.07, 6.45) is 12.1. The molecule has 2 aliphatic carbocycles. The first kappa shape index (κ1) is 10.8. The number of hydrogen-bond acceptors (Lipinski definition) is 2. The third kappa shape index (κ3) is 2.33. The summed E-state index contributed by atoms with van der Waals surface area (Å²) in [7, 11) is 0. The molecule has 1 aliphatic heterocycles. The smallest absolute Gasteiger partial charge is 0.0699 e. The van der Waals surface area contributed by atoms with E-state index < -0.39 is 0 Å². The van der Waals surface area contributed by atoms with E-state index in [9.17, 15) is 0 Å². The maximum atomic E-state index is 5.73. The largest absolute Gasteiger partial charge is 0.377 e. The molecule has 0 aromatic carbocycles. The summed E-state index contributed by atoms with van der Waals surface area (Å²) >= 11 is 0. The van der Waals surface area contributed by atoms with E-state index in [-0.39, 0.29) is 0 Å². The van der Waals surface area contributed by atoms with Crippen molar-refractivity contribution in [3.05, 3.63) is 12.2 Å². The average Bonchev–Trinajstić information content (AvgIpc) is 2.92. The van der Waals surface area contributed by atoms with Gasteiger partial charge in [-0.25, -0.2) is 0 Å². The highest BCUT2D eigenvalue weighted by molar-refractivity contribution is 5.10. The molecule has 0 aromatic rings. The van der Waals surface area contributed by atoms with Crippen LogP contribution in [0.25, 0.3) is 0 Å². The topological polar surface area (TPSA) is 21.3 Å². The molecule has 2 fully saturated rings. The fourth-order valence-electron chi connectivity index (χ4n) is 3.53. The van der Waals surface area contributed by atoms with Crippen LogP contribution in [0.5, 0.6) is 0 Å². The van der Waals surface area contributed by atoms with Crippen molar-refractivity contribution in [1.82, 2.24) is 5.32 Å². The predicted octanol–water partition coefficient (Wildman–Crippen LogP) is 2.36. The number of hydrogen-bond donors (Lipinski definition) is 1. The highest BCUT2D eigenvalue weighted by atomic mass is 16.5. The Morgan fingerprint density at radius 2 is 2.12 bits per heavy atom. The third-order valence-electron chi connectivity index (χ3n) is 4.47. The monoisotopic (exact) mass is 221 g/mol. The van der Waals surface area contributed by atoms with Gasteiger partial charge in [0.15, 0.2) is 0 Å². The molecule has 1 saturated carbocycles. The van der Waals surface area contributed by atoms with E-state index in [2.05, 4.69) is 17.5 Å². The summed E-state index contributed by atoms with van der Waals surface area (Å²) in [5.41, 5.74) is 0. The number of nitrogens with one attached hydrogen (secondary N) is 1. The highest BCUT2D eigenvalue weighted by Crippen LogP contribution is 2.42. The Morgan fingerprint density at radius 1 is 1.12 bits per heavy atom. The van der Waals surface area contributed by atoms with Crippen molar-refractivity contribution in [2.24, 2.45) is 17.8 Å². The van der Waals surface area contributed by atoms with Crippen molar-refractivity contribution in [2.75, 3.05) is 19.7 Å². The van der Waals surface area contributed by atoms with E-state index >= 15 is 0 Å². The molecule has 90 valence electrons. The zero-order chi connectivity index (χ0) is 10.8. The molecule has 16 heavy (non-hydrogen) atoms. The van der Waals surface area contributed by atoms with Crippen LogP contribution in [0.3, 0.4) is 0 Å². The van der Waals surface area contributed by atoms with Gasteiger partial charge >= 0.3 is 0 Å². The van der Waals surface area contributed by atoms with E-state index in [4.69, 9.17) is 4.74 Å². The highest BCUT2D eigenvalue weighted by Gasteiger charge is 2.35. The number of fused-ring (bicyclic) bond motifs is 2. The minimum absolute atomic E-state index is 0.489. The fourth-order valence-corrected chi connectivity index (χ4v) is 3.53. The van der Waals surface area contributed by atoms with Crippen LogP contribution < -0.4 is 5.32 Å². The number of ether oxygens (including phenoxy) is 1. The maximum Gasteiger partial charge on any atom is 0.0699 e. The van der Waals surface area contributed by atoms with Crippen LogP contribution in [0.2, 0.25) is 0 Å². The van der Waals surface area contributed by atoms with Gasteiger partial charge in [-0.15, -0.1) is 0 Å². The molecule has 3 aliphatic rings. The molecule has 1 heterocycles. The van der Waals surface area contributed by atoms with Gasteiger partial charge in [-0.2, -0.15) is 0 Å². The van der Waals surface area contributed by atoms with Crippen molar-refractivity contribution in [3.8, 4) is 0 Å². The Labute approximate surface area is 98.4 Å². The van der Waals surface area contributed by atoms with Gasteiger partial charge < -0.3 is 10.1 Å². The maximum absolute atomic E-state index is 5.73. The van der Waals surface area contributed by atoms with Gasteiger partial charge in [0, 0.05) is 13.2 Å². The van der Waals surface area contributed by atoms with Gasteiger partial charge in [0.05, 0.1) is 6.10 Å². The quantitative estimate of drug-likeness (QED) is 0.736. The summed E-state index contributed by atoms with van der Waals surface area (Å²) in [5.74, 6) is 2.69. The van der Waals surface area contributed by atoms with Gasteiger partial charge in [-0.05, 0) is 56.4 Å². The first-order chi connectivity index (χ1) is 7.92. The lowest BCUT2D eigenvalue weighted by molar-refractivity contribution is 0.0164. The van der Waals surface area contributed by atoms with E-state index in [1.165, 1.54) is 38.6 Å². The molecule has 0 amide bonds. The number of allylic oxidation sites excluding steroid dienone is 2. The van der Waals surface area contributed by atoms with Crippen LogP contribution in [0.1, 0.15) is 32.1 Å². The first-order valence-electron chi connectivity index (χ1n) is 6.92. The van der Waals surface area contributed by atoms with Crippen LogP contribution in [0, 0.1) is 17.8 Å². The molecule has 3 rings (SSSR count). The fraction of sp³-hybridized carbons (Fsp3) is 0.857. The average molecular weight is 221 g/mol. The molecule has 1 saturated heterocycles. The molecule has 4 atom stereocenters. The predicted molar refractivity (Wildman–Crippen MR) is 65.3 cm³/mol. The van der Waals surface area contributed by atoms with Crippen molar-refractivity contribution in [2.45, 2.75) is 38.2 Å². The molecule has 2 bridgehead atoms. The van der Waals surface area contributed by atoms with Gasteiger partial charge in [-0.1, -0.05) is 12.2 Å². The van der Waals surface area contributed by atoms with Crippen LogP contribution in [0.15, 0.2) is 12.2 Å².